The van der Waals surface area contributed by atoms with Crippen molar-refractivity contribution in [1.29, 1.82) is 0 Å². The van der Waals surface area contributed by atoms with Gasteiger partial charge in [-0.15, -0.1) is 11.3 Å². The molecule has 2 fully saturated rings. The van der Waals surface area contributed by atoms with Crippen LogP contribution in [0.5, 0.6) is 5.88 Å². The number of morpholine rings is 1. The largest absolute Gasteiger partial charge is 0.476 e. The molecule has 0 unspecified atom stereocenters. The lowest BCUT2D eigenvalue weighted by Gasteiger charge is -2.26. The van der Waals surface area contributed by atoms with Gasteiger partial charge < -0.3 is 19.5 Å². The van der Waals surface area contributed by atoms with E-state index >= 15 is 0 Å². The maximum atomic E-state index is 13.6. The fraction of sp³-hybridized carbons (Fsp3) is 0.516. The molecular formula is C31H38F3N7O5S. The Kier molecular flexibility index (Phi) is 12.0. The van der Waals surface area contributed by atoms with Crippen molar-refractivity contribution in [2.75, 3.05) is 77.6 Å². The molecule has 2 saturated heterocycles. The van der Waals surface area contributed by atoms with Crippen LogP contribution in [0, 0.1) is 0 Å². The van der Waals surface area contributed by atoms with Crippen LogP contribution in [-0.4, -0.2) is 109 Å². The van der Waals surface area contributed by atoms with Crippen molar-refractivity contribution in [3.05, 3.63) is 41.2 Å². The molecule has 0 aromatic carbocycles. The van der Waals surface area contributed by atoms with Gasteiger partial charge in [0.2, 0.25) is 5.88 Å². The number of piperidine rings is 1. The van der Waals surface area contributed by atoms with Gasteiger partial charge in [-0.1, -0.05) is 6.42 Å². The van der Waals surface area contributed by atoms with Crippen molar-refractivity contribution in [3.8, 4) is 27.6 Å². The van der Waals surface area contributed by atoms with E-state index in [9.17, 15) is 22.8 Å². The quantitative estimate of drug-likeness (QED) is 0.258. The number of nitrogens with one attached hydrogen (secondary N) is 2. The standard InChI is InChI=1S/C31H38F3N7O5S/c1-2-35-30(43)39-26-17-23(28-38-25(20-47-28)31(32,33)34)24(19-36-26)22-16-21(29(42)46-15-11-40-6-4-3-5-7-40)18-37-27(22)45-14-10-41-8-12-44-13-9-41/h16-20H,2-15H2,1H3,(H2,35,36,39,43). The summed E-state index contributed by atoms with van der Waals surface area (Å²) in [6.45, 7) is 8.46. The van der Waals surface area contributed by atoms with Crippen molar-refractivity contribution in [1.82, 2.24) is 30.1 Å². The van der Waals surface area contributed by atoms with Crippen molar-refractivity contribution in [3.63, 3.8) is 0 Å². The summed E-state index contributed by atoms with van der Waals surface area (Å²) in [7, 11) is 0. The molecule has 12 nitrogen and oxygen atoms in total. The molecule has 5 rings (SSSR count). The first-order valence-corrected chi connectivity index (χ1v) is 16.5. The van der Waals surface area contributed by atoms with E-state index in [0.717, 1.165) is 55.7 Å². The molecule has 254 valence electrons. The van der Waals surface area contributed by atoms with Gasteiger partial charge in [-0.25, -0.2) is 24.5 Å². The number of halogens is 3. The monoisotopic (exact) mass is 677 g/mol. The van der Waals surface area contributed by atoms with Gasteiger partial charge in [0.15, 0.2) is 5.69 Å². The molecule has 3 aromatic rings. The molecule has 16 heteroatoms. The van der Waals surface area contributed by atoms with Crippen molar-refractivity contribution in [2.24, 2.45) is 0 Å². The number of amides is 2. The lowest BCUT2D eigenvalue weighted by Crippen LogP contribution is -2.38. The number of anilines is 1. The van der Waals surface area contributed by atoms with E-state index in [-0.39, 0.29) is 41.0 Å². The topological polar surface area (TPSA) is 131 Å². The third-order valence-electron chi connectivity index (χ3n) is 7.72. The van der Waals surface area contributed by atoms with E-state index in [1.165, 1.54) is 30.9 Å². The summed E-state index contributed by atoms with van der Waals surface area (Å²) in [6.07, 6.45) is 1.53. The van der Waals surface area contributed by atoms with Crippen LogP contribution >= 0.6 is 11.3 Å². The van der Waals surface area contributed by atoms with E-state index < -0.39 is 23.9 Å². The molecule has 0 aliphatic carbocycles. The number of pyridine rings is 2. The maximum absolute atomic E-state index is 13.6. The Labute approximate surface area is 274 Å². The highest BCUT2D eigenvalue weighted by Gasteiger charge is 2.34. The van der Waals surface area contributed by atoms with Gasteiger partial charge in [0.25, 0.3) is 0 Å². The van der Waals surface area contributed by atoms with Gasteiger partial charge in [-0.2, -0.15) is 13.2 Å². The minimum absolute atomic E-state index is 0.0300. The highest BCUT2D eigenvalue weighted by Crippen LogP contribution is 2.41. The molecular weight excluding hydrogens is 639 g/mol. The minimum Gasteiger partial charge on any atom is -0.476 e. The van der Waals surface area contributed by atoms with E-state index in [1.54, 1.807) is 6.92 Å². The Morgan fingerprint density at radius 1 is 0.957 bits per heavy atom. The lowest BCUT2D eigenvalue weighted by molar-refractivity contribution is -0.140. The number of likely N-dealkylation sites (tertiary alicyclic amines) is 1. The second-order valence-electron chi connectivity index (χ2n) is 11.1. The Hall–Kier alpha value is -3.86. The molecule has 3 aromatic heterocycles. The zero-order chi connectivity index (χ0) is 33.2. The molecule has 0 atom stereocenters. The van der Waals surface area contributed by atoms with E-state index in [0.29, 0.717) is 44.0 Å². The summed E-state index contributed by atoms with van der Waals surface area (Å²) < 4.78 is 57.8. The Morgan fingerprint density at radius 3 is 2.43 bits per heavy atom. The number of thiazole rings is 1. The lowest BCUT2D eigenvalue weighted by atomic mass is 10.0. The van der Waals surface area contributed by atoms with E-state index in [2.05, 4.69) is 35.4 Å². The zero-order valence-electron chi connectivity index (χ0n) is 26.1. The number of carbonyl (C=O) groups is 2. The van der Waals surface area contributed by atoms with Crippen LogP contribution in [0.2, 0.25) is 0 Å². The van der Waals surface area contributed by atoms with Crippen molar-refractivity contribution < 1.29 is 37.0 Å². The number of alkyl halides is 3. The van der Waals surface area contributed by atoms with Crippen LogP contribution in [0.1, 0.15) is 42.2 Å². The smallest absolute Gasteiger partial charge is 0.434 e. The van der Waals surface area contributed by atoms with Crippen molar-refractivity contribution in [2.45, 2.75) is 32.4 Å². The van der Waals surface area contributed by atoms with Crippen LogP contribution in [0.4, 0.5) is 23.8 Å². The average Bonchev–Trinajstić information content (AvgIpc) is 3.58. The molecule has 2 N–H and O–H groups in total. The third kappa shape index (κ3) is 9.59. The average molecular weight is 678 g/mol. The van der Waals surface area contributed by atoms with Crippen LogP contribution in [0.15, 0.2) is 29.9 Å². The summed E-state index contributed by atoms with van der Waals surface area (Å²) in [5.41, 5.74) is -0.0446. The molecule has 2 aliphatic heterocycles. The summed E-state index contributed by atoms with van der Waals surface area (Å²) >= 11 is 0.791. The molecule has 0 radical (unpaired) electrons. The second kappa shape index (κ2) is 16.3. The molecule has 0 bridgehead atoms. The SMILES string of the molecule is CCNC(=O)Nc1cc(-c2nc(C(F)(F)F)cs2)c(-c2cc(C(=O)OCCN3CCCCC3)cnc2OCCN2CCOCC2)cn1. The number of nitrogens with zero attached hydrogens (tertiary/aromatic N) is 5. The van der Waals surface area contributed by atoms with Gasteiger partial charge in [-0.3, -0.25) is 15.1 Å². The Balaban J connectivity index is 1.47. The molecule has 5 heterocycles. The van der Waals surface area contributed by atoms with Crippen LogP contribution in [-0.2, 0) is 15.7 Å². The first-order valence-electron chi connectivity index (χ1n) is 15.6. The fourth-order valence-electron chi connectivity index (χ4n) is 5.27. The fourth-order valence-corrected chi connectivity index (χ4v) is 6.12. The van der Waals surface area contributed by atoms with Crippen LogP contribution < -0.4 is 15.4 Å². The molecule has 47 heavy (non-hydrogen) atoms. The normalized spacial score (nSPS) is 16.1. The highest BCUT2D eigenvalue weighted by atomic mass is 32.1. The number of esters is 1. The predicted molar refractivity (Wildman–Crippen MR) is 170 cm³/mol. The Morgan fingerprint density at radius 2 is 1.70 bits per heavy atom. The van der Waals surface area contributed by atoms with Gasteiger partial charge in [0.05, 0.1) is 18.8 Å². The van der Waals surface area contributed by atoms with Crippen LogP contribution in [0.25, 0.3) is 21.7 Å². The molecule has 2 amide bonds. The first-order chi connectivity index (χ1) is 22.7. The molecule has 0 saturated carbocycles. The predicted octanol–water partition coefficient (Wildman–Crippen LogP) is 4.78. The van der Waals surface area contributed by atoms with Gasteiger partial charge >= 0.3 is 18.2 Å². The zero-order valence-corrected chi connectivity index (χ0v) is 26.9. The van der Waals surface area contributed by atoms with E-state index in [4.69, 9.17) is 14.2 Å². The number of carbonyl (C=O) groups excluding carboxylic acids is 2. The minimum atomic E-state index is -4.66. The Bertz CT molecular complexity index is 1510. The second-order valence-corrected chi connectivity index (χ2v) is 11.9. The number of hydrogen-bond acceptors (Lipinski definition) is 11. The number of urea groups is 1. The van der Waals surface area contributed by atoms with Gasteiger partial charge in [0, 0.05) is 67.2 Å². The molecule has 2 aliphatic rings. The van der Waals surface area contributed by atoms with Gasteiger partial charge in [-0.05, 0) is 45.0 Å². The van der Waals surface area contributed by atoms with E-state index in [1.807, 2.05) is 0 Å². The van der Waals surface area contributed by atoms with Crippen LogP contribution in [0.3, 0.4) is 0 Å². The number of hydrogen-bond donors (Lipinski definition) is 2. The van der Waals surface area contributed by atoms with Gasteiger partial charge in [0.1, 0.15) is 24.0 Å². The summed E-state index contributed by atoms with van der Waals surface area (Å²) in [5, 5.41) is 6.13. The number of ether oxygens (including phenoxy) is 3. The summed E-state index contributed by atoms with van der Waals surface area (Å²) in [6, 6.07) is 2.44. The maximum Gasteiger partial charge on any atom is 0.434 e. The number of rotatable bonds is 12. The number of aromatic nitrogens is 3. The van der Waals surface area contributed by atoms with Crippen molar-refractivity contribution >= 4 is 29.2 Å². The highest BCUT2D eigenvalue weighted by molar-refractivity contribution is 7.13. The summed E-state index contributed by atoms with van der Waals surface area (Å²) in [4.78, 5) is 42.5. The third-order valence-corrected chi connectivity index (χ3v) is 8.60. The summed E-state index contributed by atoms with van der Waals surface area (Å²) in [5.74, 6) is -0.342. The first kappa shape index (κ1) is 34.5. The molecule has 0 spiro atoms.